The molecule has 0 aliphatic rings. The van der Waals surface area contributed by atoms with Gasteiger partial charge in [0.2, 0.25) is 0 Å². The number of amides is 1. The second-order valence-corrected chi connectivity index (χ2v) is 5.99. The molecule has 0 bridgehead atoms. The number of esters is 1. The number of nitrogens with one attached hydrogen (secondary N) is 1. The molecule has 0 fully saturated rings. The zero-order valence-electron chi connectivity index (χ0n) is 15.0. The van der Waals surface area contributed by atoms with E-state index in [1.807, 2.05) is 0 Å². The lowest BCUT2D eigenvalue weighted by Crippen LogP contribution is -2.35. The summed E-state index contributed by atoms with van der Waals surface area (Å²) in [6.45, 7) is 1.63. The number of rotatable bonds is 7. The molecule has 8 heteroatoms. The molecule has 144 valence electrons. The number of methoxy groups -OCH3 is 2. The molecular formula is C19H19ClFNO5. The average Bonchev–Trinajstić information content (AvgIpc) is 2.66. The Morgan fingerprint density at radius 2 is 1.81 bits per heavy atom. The fraction of sp³-hybridized carbons (Fsp3) is 0.263. The monoisotopic (exact) mass is 395 g/mol. The summed E-state index contributed by atoms with van der Waals surface area (Å²) >= 11 is 6.07. The first kappa shape index (κ1) is 20.5. The van der Waals surface area contributed by atoms with E-state index in [-0.39, 0.29) is 28.7 Å². The van der Waals surface area contributed by atoms with E-state index in [2.05, 4.69) is 5.32 Å². The van der Waals surface area contributed by atoms with Crippen molar-refractivity contribution in [3.63, 3.8) is 0 Å². The molecule has 1 amide bonds. The van der Waals surface area contributed by atoms with Crippen LogP contribution in [-0.2, 0) is 16.1 Å². The maximum atomic E-state index is 12.9. The summed E-state index contributed by atoms with van der Waals surface area (Å²) < 4.78 is 28.3. The summed E-state index contributed by atoms with van der Waals surface area (Å²) in [5, 5.41) is 2.80. The van der Waals surface area contributed by atoms with Crippen molar-refractivity contribution in [3.05, 3.63) is 58.4 Å². The van der Waals surface area contributed by atoms with Crippen LogP contribution in [0, 0.1) is 5.82 Å². The van der Waals surface area contributed by atoms with Gasteiger partial charge in [0.1, 0.15) is 5.82 Å². The predicted octanol–water partition coefficient (Wildman–Crippen LogP) is 3.36. The molecule has 2 rings (SSSR count). The highest BCUT2D eigenvalue weighted by Crippen LogP contribution is 2.36. The van der Waals surface area contributed by atoms with E-state index in [0.717, 1.165) is 5.56 Å². The minimum atomic E-state index is -1.04. The number of benzene rings is 2. The number of carbonyl (C=O) groups excluding carboxylic acids is 2. The second-order valence-electron chi connectivity index (χ2n) is 5.59. The van der Waals surface area contributed by atoms with Crippen LogP contribution in [0.5, 0.6) is 11.5 Å². The molecule has 1 atom stereocenters. The molecule has 0 spiro atoms. The summed E-state index contributed by atoms with van der Waals surface area (Å²) in [6, 6.07) is 8.48. The van der Waals surface area contributed by atoms with Crippen LogP contribution in [0.2, 0.25) is 5.02 Å². The lowest BCUT2D eigenvalue weighted by molar-refractivity contribution is -0.129. The number of hydrogen-bond donors (Lipinski definition) is 1. The van der Waals surface area contributed by atoms with Crippen LogP contribution < -0.4 is 14.8 Å². The molecule has 2 aromatic rings. The van der Waals surface area contributed by atoms with Crippen molar-refractivity contribution >= 4 is 23.5 Å². The van der Waals surface area contributed by atoms with E-state index >= 15 is 0 Å². The van der Waals surface area contributed by atoms with Gasteiger partial charge in [0.05, 0.1) is 24.8 Å². The van der Waals surface area contributed by atoms with E-state index in [0.29, 0.717) is 5.75 Å². The third-order valence-electron chi connectivity index (χ3n) is 3.70. The van der Waals surface area contributed by atoms with Gasteiger partial charge >= 0.3 is 5.97 Å². The molecule has 0 unspecified atom stereocenters. The SMILES string of the molecule is COc1cc(C(=O)O[C@@H](C)C(=O)NCc2ccc(F)cc2)cc(Cl)c1OC. The van der Waals surface area contributed by atoms with Crippen LogP contribution >= 0.6 is 11.6 Å². The van der Waals surface area contributed by atoms with E-state index in [9.17, 15) is 14.0 Å². The fourth-order valence-corrected chi connectivity index (χ4v) is 2.54. The zero-order valence-corrected chi connectivity index (χ0v) is 15.8. The number of halogens is 2. The van der Waals surface area contributed by atoms with Crippen molar-refractivity contribution in [2.24, 2.45) is 0 Å². The molecule has 6 nitrogen and oxygen atoms in total. The van der Waals surface area contributed by atoms with Crippen LogP contribution in [0.25, 0.3) is 0 Å². The van der Waals surface area contributed by atoms with Crippen LogP contribution in [0.3, 0.4) is 0 Å². The Hall–Kier alpha value is -2.80. The van der Waals surface area contributed by atoms with Crippen LogP contribution in [-0.4, -0.2) is 32.2 Å². The molecule has 0 aliphatic heterocycles. The maximum Gasteiger partial charge on any atom is 0.339 e. The number of ether oxygens (including phenoxy) is 3. The number of carbonyl (C=O) groups is 2. The highest BCUT2D eigenvalue weighted by Gasteiger charge is 2.21. The summed E-state index contributed by atoms with van der Waals surface area (Å²) in [6.07, 6.45) is -1.04. The van der Waals surface area contributed by atoms with Crippen LogP contribution in [0.15, 0.2) is 36.4 Å². The van der Waals surface area contributed by atoms with E-state index in [1.165, 1.54) is 45.4 Å². The molecule has 0 radical (unpaired) electrons. The van der Waals surface area contributed by atoms with E-state index in [4.69, 9.17) is 25.8 Å². The Morgan fingerprint density at radius 3 is 2.41 bits per heavy atom. The van der Waals surface area contributed by atoms with Gasteiger partial charge in [0.25, 0.3) is 5.91 Å². The van der Waals surface area contributed by atoms with Gasteiger partial charge in [0.15, 0.2) is 17.6 Å². The van der Waals surface area contributed by atoms with Gasteiger partial charge in [-0.2, -0.15) is 0 Å². The molecule has 27 heavy (non-hydrogen) atoms. The Bertz CT molecular complexity index is 826. The Balaban J connectivity index is 1.99. The van der Waals surface area contributed by atoms with Crippen molar-refractivity contribution in [2.45, 2.75) is 19.6 Å². The Labute approximate surface area is 161 Å². The normalized spacial score (nSPS) is 11.4. The lowest BCUT2D eigenvalue weighted by Gasteiger charge is -2.15. The Kier molecular flexibility index (Phi) is 7.01. The smallest absolute Gasteiger partial charge is 0.339 e. The van der Waals surface area contributed by atoms with Gasteiger partial charge in [-0.05, 0) is 36.8 Å². The van der Waals surface area contributed by atoms with Crippen molar-refractivity contribution in [1.82, 2.24) is 5.32 Å². The molecule has 0 aromatic heterocycles. The topological polar surface area (TPSA) is 73.9 Å². The molecule has 0 saturated carbocycles. The van der Waals surface area contributed by atoms with Gasteiger partial charge in [-0.25, -0.2) is 9.18 Å². The van der Waals surface area contributed by atoms with Gasteiger partial charge in [-0.1, -0.05) is 23.7 Å². The fourth-order valence-electron chi connectivity index (χ4n) is 2.25. The van der Waals surface area contributed by atoms with Gasteiger partial charge in [-0.3, -0.25) is 4.79 Å². The summed E-state index contributed by atoms with van der Waals surface area (Å²) in [7, 11) is 2.84. The first-order valence-electron chi connectivity index (χ1n) is 8.00. The van der Waals surface area contributed by atoms with E-state index < -0.39 is 18.0 Å². The van der Waals surface area contributed by atoms with Crippen molar-refractivity contribution < 1.29 is 28.2 Å². The minimum absolute atomic E-state index is 0.121. The highest BCUT2D eigenvalue weighted by atomic mass is 35.5. The molecule has 1 N–H and O–H groups in total. The van der Waals surface area contributed by atoms with Crippen molar-refractivity contribution in [1.29, 1.82) is 0 Å². The largest absolute Gasteiger partial charge is 0.493 e. The van der Waals surface area contributed by atoms with E-state index in [1.54, 1.807) is 12.1 Å². The maximum absolute atomic E-state index is 12.9. The third-order valence-corrected chi connectivity index (χ3v) is 3.98. The average molecular weight is 396 g/mol. The standard InChI is InChI=1S/C19H19ClFNO5/c1-11(18(23)22-10-12-4-6-14(21)7-5-12)27-19(24)13-8-15(20)17(26-3)16(9-13)25-2/h4-9,11H,10H2,1-3H3,(H,22,23)/t11-/m0/s1. The molecule has 0 saturated heterocycles. The summed E-state index contributed by atoms with van der Waals surface area (Å²) in [5.41, 5.74) is 0.839. The molecular weight excluding hydrogens is 377 g/mol. The first-order chi connectivity index (χ1) is 12.8. The van der Waals surface area contributed by atoms with Crippen molar-refractivity contribution in [3.8, 4) is 11.5 Å². The van der Waals surface area contributed by atoms with Gasteiger partial charge < -0.3 is 19.5 Å². The summed E-state index contributed by atoms with van der Waals surface area (Å²) in [4.78, 5) is 24.4. The van der Waals surface area contributed by atoms with Crippen LogP contribution in [0.4, 0.5) is 4.39 Å². The zero-order chi connectivity index (χ0) is 20.0. The molecule has 0 heterocycles. The van der Waals surface area contributed by atoms with Crippen LogP contribution in [0.1, 0.15) is 22.8 Å². The highest BCUT2D eigenvalue weighted by molar-refractivity contribution is 6.32. The quantitative estimate of drug-likeness (QED) is 0.728. The predicted molar refractivity (Wildman–Crippen MR) is 97.7 cm³/mol. The first-order valence-corrected chi connectivity index (χ1v) is 8.38. The number of hydrogen-bond acceptors (Lipinski definition) is 5. The van der Waals surface area contributed by atoms with Gasteiger partial charge in [-0.15, -0.1) is 0 Å². The second kappa shape index (κ2) is 9.23. The lowest BCUT2D eigenvalue weighted by atomic mass is 10.2. The molecule has 2 aromatic carbocycles. The van der Waals surface area contributed by atoms with Gasteiger partial charge in [0, 0.05) is 6.54 Å². The Morgan fingerprint density at radius 1 is 1.15 bits per heavy atom. The summed E-state index contributed by atoms with van der Waals surface area (Å²) in [5.74, 6) is -1.02. The van der Waals surface area contributed by atoms with Crippen molar-refractivity contribution in [2.75, 3.05) is 14.2 Å². The minimum Gasteiger partial charge on any atom is -0.493 e. The molecule has 0 aliphatic carbocycles. The third kappa shape index (κ3) is 5.34.